The highest BCUT2D eigenvalue weighted by atomic mass is 16.6. The zero-order valence-corrected chi connectivity index (χ0v) is 12.8. The average molecular weight is 289 g/mol. The van der Waals surface area contributed by atoms with Crippen LogP contribution in [0.15, 0.2) is 18.2 Å². The van der Waals surface area contributed by atoms with E-state index in [0.29, 0.717) is 5.92 Å². The van der Waals surface area contributed by atoms with Crippen molar-refractivity contribution in [1.29, 1.82) is 0 Å². The van der Waals surface area contributed by atoms with E-state index >= 15 is 0 Å². The average Bonchev–Trinajstić information content (AvgIpc) is 2.71. The van der Waals surface area contributed by atoms with Gasteiger partial charge in [-0.3, -0.25) is 10.1 Å². The molecule has 1 fully saturated rings. The summed E-state index contributed by atoms with van der Waals surface area (Å²) in [5.74, 6) is 0.687. The molecule has 2 aliphatic heterocycles. The number of hydrogen-bond donors (Lipinski definition) is 1. The smallest absolute Gasteiger partial charge is 0.271 e. The number of benzene rings is 1. The first kappa shape index (κ1) is 14.3. The molecule has 1 aromatic carbocycles. The molecule has 0 spiro atoms. The summed E-state index contributed by atoms with van der Waals surface area (Å²) in [5.41, 5.74) is 2.56. The van der Waals surface area contributed by atoms with Gasteiger partial charge in [0.25, 0.3) is 5.69 Å². The fourth-order valence-corrected chi connectivity index (χ4v) is 3.65. The monoisotopic (exact) mass is 289 g/mol. The Labute approximate surface area is 125 Å². The standard InChI is InChI=1S/C16H23N3O2/c1-16(2)11-18(10-12-5-7-17-8-6-12)15-9-13(19(20)21)3-4-14(15)16/h3-4,9,12,17H,5-8,10-11H2,1-2H3. The van der Waals surface area contributed by atoms with Crippen LogP contribution in [0.1, 0.15) is 32.3 Å². The van der Waals surface area contributed by atoms with Gasteiger partial charge in [0, 0.05) is 36.3 Å². The maximum absolute atomic E-state index is 11.0. The molecule has 114 valence electrons. The third kappa shape index (κ3) is 2.75. The predicted octanol–water partition coefficient (Wildman–Crippen LogP) is 2.69. The molecule has 0 unspecified atom stereocenters. The van der Waals surface area contributed by atoms with Gasteiger partial charge in [0.1, 0.15) is 0 Å². The molecule has 0 radical (unpaired) electrons. The Bertz CT molecular complexity index is 550. The molecule has 2 aliphatic rings. The Morgan fingerprint density at radius 1 is 1.38 bits per heavy atom. The van der Waals surface area contributed by atoms with Crippen molar-refractivity contribution in [1.82, 2.24) is 5.32 Å². The minimum absolute atomic E-state index is 0.0668. The van der Waals surface area contributed by atoms with Crippen LogP contribution in [-0.4, -0.2) is 31.1 Å². The molecule has 0 saturated carbocycles. The zero-order valence-electron chi connectivity index (χ0n) is 12.8. The lowest BCUT2D eigenvalue weighted by atomic mass is 9.87. The minimum atomic E-state index is -0.297. The van der Waals surface area contributed by atoms with Gasteiger partial charge in [-0.15, -0.1) is 0 Å². The summed E-state index contributed by atoms with van der Waals surface area (Å²) in [6, 6.07) is 5.33. The van der Waals surface area contributed by atoms with Crippen molar-refractivity contribution in [2.75, 3.05) is 31.1 Å². The first-order valence-electron chi connectivity index (χ1n) is 7.72. The van der Waals surface area contributed by atoms with Crippen LogP contribution in [0.25, 0.3) is 0 Å². The van der Waals surface area contributed by atoms with E-state index in [-0.39, 0.29) is 16.0 Å². The minimum Gasteiger partial charge on any atom is -0.370 e. The van der Waals surface area contributed by atoms with Crippen molar-refractivity contribution in [3.8, 4) is 0 Å². The Kier molecular flexibility index (Phi) is 3.61. The van der Waals surface area contributed by atoms with Gasteiger partial charge in [-0.1, -0.05) is 13.8 Å². The largest absolute Gasteiger partial charge is 0.370 e. The normalized spacial score (nSPS) is 21.3. The highest BCUT2D eigenvalue weighted by Crippen LogP contribution is 2.42. The van der Waals surface area contributed by atoms with Crippen LogP contribution in [0.5, 0.6) is 0 Å². The van der Waals surface area contributed by atoms with Crippen LogP contribution in [0.4, 0.5) is 11.4 Å². The van der Waals surface area contributed by atoms with Crippen LogP contribution < -0.4 is 10.2 Å². The summed E-state index contributed by atoms with van der Waals surface area (Å²) >= 11 is 0. The van der Waals surface area contributed by atoms with Crippen molar-refractivity contribution in [3.63, 3.8) is 0 Å². The molecule has 5 nitrogen and oxygen atoms in total. The summed E-state index contributed by atoms with van der Waals surface area (Å²) in [6.07, 6.45) is 2.39. The van der Waals surface area contributed by atoms with E-state index in [2.05, 4.69) is 24.1 Å². The highest BCUT2D eigenvalue weighted by molar-refractivity contribution is 5.66. The molecule has 1 aromatic rings. The quantitative estimate of drug-likeness (QED) is 0.686. The number of fused-ring (bicyclic) bond motifs is 1. The molecular weight excluding hydrogens is 266 g/mol. The number of piperidine rings is 1. The van der Waals surface area contributed by atoms with Gasteiger partial charge >= 0.3 is 0 Å². The summed E-state index contributed by atoms with van der Waals surface area (Å²) in [4.78, 5) is 13.1. The van der Waals surface area contributed by atoms with Gasteiger partial charge in [-0.2, -0.15) is 0 Å². The molecule has 0 atom stereocenters. The topological polar surface area (TPSA) is 58.4 Å². The number of anilines is 1. The van der Waals surface area contributed by atoms with Gasteiger partial charge < -0.3 is 10.2 Å². The van der Waals surface area contributed by atoms with E-state index in [1.165, 1.54) is 18.4 Å². The number of rotatable bonds is 3. The van der Waals surface area contributed by atoms with Crippen molar-refractivity contribution in [3.05, 3.63) is 33.9 Å². The number of nitrogens with zero attached hydrogens (tertiary/aromatic N) is 2. The lowest BCUT2D eigenvalue weighted by Gasteiger charge is -2.30. The maximum Gasteiger partial charge on any atom is 0.271 e. The third-order valence-corrected chi connectivity index (χ3v) is 4.79. The summed E-state index contributed by atoms with van der Waals surface area (Å²) in [6.45, 7) is 8.58. The molecule has 0 bridgehead atoms. The number of hydrogen-bond acceptors (Lipinski definition) is 4. The zero-order chi connectivity index (χ0) is 15.0. The Morgan fingerprint density at radius 2 is 2.10 bits per heavy atom. The third-order valence-electron chi connectivity index (χ3n) is 4.79. The summed E-state index contributed by atoms with van der Waals surface area (Å²) in [7, 11) is 0. The second-order valence-corrected chi connectivity index (χ2v) is 6.92. The van der Waals surface area contributed by atoms with Crippen LogP contribution in [-0.2, 0) is 5.41 Å². The number of non-ortho nitro benzene ring substituents is 1. The van der Waals surface area contributed by atoms with Gasteiger partial charge in [0.2, 0.25) is 0 Å². The highest BCUT2D eigenvalue weighted by Gasteiger charge is 2.36. The van der Waals surface area contributed by atoms with Gasteiger partial charge in [0.05, 0.1) is 4.92 Å². The molecule has 1 saturated heterocycles. The predicted molar refractivity (Wildman–Crippen MR) is 83.9 cm³/mol. The summed E-state index contributed by atoms with van der Waals surface area (Å²) in [5, 5.41) is 14.4. The fraction of sp³-hybridized carbons (Fsp3) is 0.625. The molecule has 1 N–H and O–H groups in total. The van der Waals surface area contributed by atoms with Crippen molar-refractivity contribution < 1.29 is 4.92 Å². The lowest BCUT2D eigenvalue weighted by Crippen LogP contribution is -2.37. The van der Waals surface area contributed by atoms with E-state index in [1.807, 2.05) is 6.07 Å². The van der Waals surface area contributed by atoms with Crippen LogP contribution >= 0.6 is 0 Å². The molecule has 3 rings (SSSR count). The molecule has 2 heterocycles. The van der Waals surface area contributed by atoms with E-state index in [1.54, 1.807) is 12.1 Å². The van der Waals surface area contributed by atoms with E-state index in [4.69, 9.17) is 0 Å². The van der Waals surface area contributed by atoms with Gasteiger partial charge in [0.15, 0.2) is 0 Å². The van der Waals surface area contributed by atoms with Crippen molar-refractivity contribution in [2.45, 2.75) is 32.1 Å². The van der Waals surface area contributed by atoms with Crippen molar-refractivity contribution >= 4 is 11.4 Å². The molecule has 0 amide bonds. The van der Waals surface area contributed by atoms with Gasteiger partial charge in [-0.05, 0) is 43.5 Å². The molecule has 21 heavy (non-hydrogen) atoms. The Balaban J connectivity index is 1.87. The van der Waals surface area contributed by atoms with Crippen LogP contribution in [0, 0.1) is 16.0 Å². The number of nitrogens with one attached hydrogen (secondary N) is 1. The molecular formula is C16H23N3O2. The Hall–Kier alpha value is -1.62. The van der Waals surface area contributed by atoms with Crippen LogP contribution in [0.2, 0.25) is 0 Å². The maximum atomic E-state index is 11.0. The van der Waals surface area contributed by atoms with E-state index < -0.39 is 0 Å². The fourth-order valence-electron chi connectivity index (χ4n) is 3.65. The molecule has 0 aliphatic carbocycles. The lowest BCUT2D eigenvalue weighted by molar-refractivity contribution is -0.384. The van der Waals surface area contributed by atoms with Crippen molar-refractivity contribution in [2.24, 2.45) is 5.92 Å². The number of nitro groups is 1. The molecule has 0 aromatic heterocycles. The van der Waals surface area contributed by atoms with Gasteiger partial charge in [-0.25, -0.2) is 0 Å². The summed E-state index contributed by atoms with van der Waals surface area (Å²) < 4.78 is 0. The van der Waals surface area contributed by atoms with E-state index in [9.17, 15) is 10.1 Å². The SMILES string of the molecule is CC1(C)CN(CC2CCNCC2)c2cc([N+](=O)[O-])ccc21. The second kappa shape index (κ2) is 5.30. The van der Waals surface area contributed by atoms with Crippen LogP contribution in [0.3, 0.4) is 0 Å². The first-order chi connectivity index (χ1) is 9.97. The van der Waals surface area contributed by atoms with E-state index in [0.717, 1.165) is 31.9 Å². The second-order valence-electron chi connectivity index (χ2n) is 6.92. The Morgan fingerprint density at radius 3 is 2.76 bits per heavy atom. The molecule has 5 heteroatoms. The first-order valence-corrected chi connectivity index (χ1v) is 7.72. The number of nitro benzene ring substituents is 1.